The van der Waals surface area contributed by atoms with Gasteiger partial charge in [0.2, 0.25) is 0 Å². The van der Waals surface area contributed by atoms with E-state index in [0.29, 0.717) is 0 Å². The molecule has 0 bridgehead atoms. The van der Waals surface area contributed by atoms with Gasteiger partial charge in [-0.15, -0.1) is 0 Å². The first-order valence-corrected chi connectivity index (χ1v) is 7.10. The van der Waals surface area contributed by atoms with Gasteiger partial charge in [0.25, 0.3) is 0 Å². The van der Waals surface area contributed by atoms with E-state index >= 15 is 0 Å². The summed E-state index contributed by atoms with van der Waals surface area (Å²) in [7, 11) is 0. The van der Waals surface area contributed by atoms with Crippen LogP contribution in [0.1, 0.15) is 16.7 Å². The molecule has 21 heavy (non-hydrogen) atoms. The highest BCUT2D eigenvalue weighted by atomic mass is 14.8. The zero-order valence-corrected chi connectivity index (χ0v) is 12.6. The van der Waals surface area contributed by atoms with Crippen LogP contribution in [0.15, 0.2) is 55.0 Å². The maximum Gasteiger partial charge on any atom is 0.0885 e. The predicted molar refractivity (Wildman–Crippen MR) is 87.1 cm³/mol. The summed E-state index contributed by atoms with van der Waals surface area (Å²) in [5, 5.41) is 0. The molecule has 2 aromatic carbocycles. The zero-order valence-electron chi connectivity index (χ0n) is 12.6. The standard InChI is InChI=1S/C19H18N2/c1-13-10-18(11-14(2)15(13)3)16-4-6-17(7-5-16)19-12-20-8-9-21-19/h4-12H,1-3H3. The van der Waals surface area contributed by atoms with Gasteiger partial charge < -0.3 is 0 Å². The van der Waals surface area contributed by atoms with Gasteiger partial charge in [-0.3, -0.25) is 9.97 Å². The predicted octanol–water partition coefficient (Wildman–Crippen LogP) is 4.74. The lowest BCUT2D eigenvalue weighted by Crippen LogP contribution is -1.89. The van der Waals surface area contributed by atoms with Gasteiger partial charge in [0, 0.05) is 18.0 Å². The van der Waals surface area contributed by atoms with Crippen LogP contribution >= 0.6 is 0 Å². The Morgan fingerprint density at radius 3 is 1.90 bits per heavy atom. The molecule has 0 amide bonds. The number of aromatic nitrogens is 2. The number of aryl methyl sites for hydroxylation is 2. The minimum atomic E-state index is 0.903. The molecule has 3 rings (SSSR count). The normalized spacial score (nSPS) is 10.6. The maximum atomic E-state index is 4.33. The molecule has 0 atom stereocenters. The third-order valence-corrected chi connectivity index (χ3v) is 4.00. The van der Waals surface area contributed by atoms with Crippen LogP contribution in [0.25, 0.3) is 22.4 Å². The van der Waals surface area contributed by atoms with Crippen molar-refractivity contribution in [1.29, 1.82) is 0 Å². The highest BCUT2D eigenvalue weighted by molar-refractivity contribution is 5.70. The van der Waals surface area contributed by atoms with Gasteiger partial charge in [-0.1, -0.05) is 36.4 Å². The van der Waals surface area contributed by atoms with Crippen LogP contribution in [0.3, 0.4) is 0 Å². The third kappa shape index (κ3) is 2.70. The summed E-state index contributed by atoms with van der Waals surface area (Å²) in [4.78, 5) is 8.44. The van der Waals surface area contributed by atoms with E-state index in [2.05, 4.69) is 67.1 Å². The molecule has 0 aliphatic carbocycles. The van der Waals surface area contributed by atoms with E-state index < -0.39 is 0 Å². The first-order valence-electron chi connectivity index (χ1n) is 7.10. The molecule has 2 heteroatoms. The Bertz CT molecular complexity index is 736. The third-order valence-electron chi connectivity index (χ3n) is 4.00. The summed E-state index contributed by atoms with van der Waals surface area (Å²) in [5.41, 5.74) is 8.53. The van der Waals surface area contributed by atoms with Gasteiger partial charge in [-0.05, 0) is 48.6 Å². The van der Waals surface area contributed by atoms with Gasteiger partial charge in [-0.25, -0.2) is 0 Å². The Morgan fingerprint density at radius 2 is 1.33 bits per heavy atom. The lowest BCUT2D eigenvalue weighted by molar-refractivity contribution is 1.21. The lowest BCUT2D eigenvalue weighted by Gasteiger charge is -2.10. The van der Waals surface area contributed by atoms with Crippen molar-refractivity contribution < 1.29 is 0 Å². The molecule has 0 spiro atoms. The molecule has 0 radical (unpaired) electrons. The SMILES string of the molecule is Cc1cc(-c2ccc(-c3cnccn3)cc2)cc(C)c1C. The Morgan fingerprint density at radius 1 is 0.714 bits per heavy atom. The van der Waals surface area contributed by atoms with Crippen LogP contribution in [-0.2, 0) is 0 Å². The molecule has 0 fully saturated rings. The molecule has 3 aromatic rings. The second-order valence-corrected chi connectivity index (χ2v) is 5.40. The number of hydrogen-bond acceptors (Lipinski definition) is 2. The van der Waals surface area contributed by atoms with Gasteiger partial charge in [0.05, 0.1) is 11.9 Å². The van der Waals surface area contributed by atoms with Crippen molar-refractivity contribution in [2.24, 2.45) is 0 Å². The molecule has 0 unspecified atom stereocenters. The summed E-state index contributed by atoms with van der Waals surface area (Å²) < 4.78 is 0. The Hall–Kier alpha value is -2.48. The number of rotatable bonds is 2. The number of hydrogen-bond donors (Lipinski definition) is 0. The maximum absolute atomic E-state index is 4.33. The summed E-state index contributed by atoms with van der Waals surface area (Å²) >= 11 is 0. The molecule has 0 saturated carbocycles. The monoisotopic (exact) mass is 274 g/mol. The molecule has 2 nitrogen and oxygen atoms in total. The van der Waals surface area contributed by atoms with Gasteiger partial charge in [0.1, 0.15) is 0 Å². The van der Waals surface area contributed by atoms with Crippen molar-refractivity contribution in [2.45, 2.75) is 20.8 Å². The van der Waals surface area contributed by atoms with Crippen molar-refractivity contribution in [1.82, 2.24) is 9.97 Å². The fourth-order valence-electron chi connectivity index (χ4n) is 2.48. The smallest absolute Gasteiger partial charge is 0.0885 e. The van der Waals surface area contributed by atoms with Crippen LogP contribution < -0.4 is 0 Å². The molecular weight excluding hydrogens is 256 g/mol. The Kier molecular flexibility index (Phi) is 3.53. The average Bonchev–Trinajstić information content (AvgIpc) is 2.53. The second-order valence-electron chi connectivity index (χ2n) is 5.40. The van der Waals surface area contributed by atoms with E-state index in [-0.39, 0.29) is 0 Å². The van der Waals surface area contributed by atoms with Crippen molar-refractivity contribution in [3.05, 3.63) is 71.7 Å². The summed E-state index contributed by atoms with van der Waals surface area (Å²) in [5.74, 6) is 0. The Labute approximate surface area is 125 Å². The lowest BCUT2D eigenvalue weighted by atomic mass is 9.96. The summed E-state index contributed by atoms with van der Waals surface area (Å²) in [6.45, 7) is 6.51. The highest BCUT2D eigenvalue weighted by Crippen LogP contribution is 2.26. The molecule has 1 aromatic heterocycles. The minimum absolute atomic E-state index is 0.903. The topological polar surface area (TPSA) is 25.8 Å². The first-order chi connectivity index (χ1) is 10.1. The molecular formula is C19H18N2. The van der Waals surface area contributed by atoms with Gasteiger partial charge in [-0.2, -0.15) is 0 Å². The summed E-state index contributed by atoms with van der Waals surface area (Å²) in [6.07, 6.45) is 5.20. The van der Waals surface area contributed by atoms with Crippen molar-refractivity contribution in [3.63, 3.8) is 0 Å². The van der Waals surface area contributed by atoms with Crippen molar-refractivity contribution >= 4 is 0 Å². The Balaban J connectivity index is 1.98. The fourth-order valence-corrected chi connectivity index (χ4v) is 2.48. The fraction of sp³-hybridized carbons (Fsp3) is 0.158. The first kappa shape index (κ1) is 13.5. The number of benzene rings is 2. The van der Waals surface area contributed by atoms with E-state index in [4.69, 9.17) is 0 Å². The van der Waals surface area contributed by atoms with Crippen molar-refractivity contribution in [2.75, 3.05) is 0 Å². The molecule has 0 saturated heterocycles. The molecule has 0 aliphatic heterocycles. The van der Waals surface area contributed by atoms with E-state index in [9.17, 15) is 0 Å². The number of nitrogens with zero attached hydrogens (tertiary/aromatic N) is 2. The van der Waals surface area contributed by atoms with E-state index in [1.807, 2.05) is 0 Å². The molecule has 1 heterocycles. The second kappa shape index (κ2) is 5.49. The minimum Gasteiger partial charge on any atom is -0.261 e. The van der Waals surface area contributed by atoms with Crippen LogP contribution in [0.5, 0.6) is 0 Å². The van der Waals surface area contributed by atoms with Crippen LogP contribution in [-0.4, -0.2) is 9.97 Å². The van der Waals surface area contributed by atoms with Crippen molar-refractivity contribution in [3.8, 4) is 22.4 Å². The molecule has 0 aliphatic rings. The highest BCUT2D eigenvalue weighted by Gasteiger charge is 2.04. The summed E-state index contributed by atoms with van der Waals surface area (Å²) in [6, 6.07) is 13.0. The van der Waals surface area contributed by atoms with E-state index in [1.54, 1.807) is 18.6 Å². The largest absolute Gasteiger partial charge is 0.261 e. The van der Waals surface area contributed by atoms with E-state index in [1.165, 1.54) is 27.8 Å². The van der Waals surface area contributed by atoms with Crippen LogP contribution in [0.4, 0.5) is 0 Å². The van der Waals surface area contributed by atoms with Crippen LogP contribution in [0.2, 0.25) is 0 Å². The molecule has 104 valence electrons. The van der Waals surface area contributed by atoms with Gasteiger partial charge in [0.15, 0.2) is 0 Å². The van der Waals surface area contributed by atoms with Crippen LogP contribution in [0, 0.1) is 20.8 Å². The molecule has 0 N–H and O–H groups in total. The van der Waals surface area contributed by atoms with E-state index in [0.717, 1.165) is 11.3 Å². The average molecular weight is 274 g/mol. The quantitative estimate of drug-likeness (QED) is 0.674. The van der Waals surface area contributed by atoms with Gasteiger partial charge >= 0.3 is 0 Å². The zero-order chi connectivity index (χ0) is 14.8.